The Hall–Kier alpha value is -4.49. The maximum Gasteiger partial charge on any atom is 0.138 e. The van der Waals surface area contributed by atoms with E-state index in [9.17, 15) is 4.39 Å². The van der Waals surface area contributed by atoms with E-state index in [0.29, 0.717) is 6.61 Å². The van der Waals surface area contributed by atoms with E-state index < -0.39 is 0 Å². The minimum absolute atomic E-state index is 0.236. The van der Waals surface area contributed by atoms with Gasteiger partial charge in [-0.1, -0.05) is 24.3 Å². The largest absolute Gasteiger partial charge is 0.491 e. The summed E-state index contributed by atoms with van der Waals surface area (Å²) in [6, 6.07) is 21.5. The highest BCUT2D eigenvalue weighted by Gasteiger charge is 2.15. The Morgan fingerprint density at radius 1 is 0.868 bits per heavy atom. The molecule has 2 N–H and O–H groups in total. The highest BCUT2D eigenvalue weighted by atomic mass is 19.1. The molecule has 0 bridgehead atoms. The third-order valence-electron chi connectivity index (χ3n) is 6.69. The molecule has 7 heteroatoms. The first kappa shape index (κ1) is 23.9. The summed E-state index contributed by atoms with van der Waals surface area (Å²) in [5.41, 5.74) is 8.35. The van der Waals surface area contributed by atoms with Gasteiger partial charge in [0.2, 0.25) is 0 Å². The van der Waals surface area contributed by atoms with Crippen molar-refractivity contribution >= 4 is 21.8 Å². The van der Waals surface area contributed by atoms with E-state index in [1.165, 1.54) is 0 Å². The van der Waals surface area contributed by atoms with Crippen molar-refractivity contribution in [3.63, 3.8) is 0 Å². The molecule has 0 atom stereocenters. The number of nitrogens with zero attached hydrogens (tertiary/aromatic N) is 3. The molecule has 190 valence electrons. The summed E-state index contributed by atoms with van der Waals surface area (Å²) in [6.45, 7) is 3.34. The van der Waals surface area contributed by atoms with Crippen molar-refractivity contribution < 1.29 is 9.13 Å². The highest BCUT2D eigenvalue weighted by Crippen LogP contribution is 2.36. The summed E-state index contributed by atoms with van der Waals surface area (Å²) >= 11 is 0. The van der Waals surface area contributed by atoms with Crippen molar-refractivity contribution in [1.82, 2.24) is 25.1 Å². The Kier molecular flexibility index (Phi) is 6.13. The second kappa shape index (κ2) is 9.76. The van der Waals surface area contributed by atoms with E-state index in [1.807, 2.05) is 63.6 Å². The first-order valence-electron chi connectivity index (χ1n) is 12.6. The number of rotatable bonds is 7. The lowest BCUT2D eigenvalue weighted by Crippen LogP contribution is -2.19. The van der Waals surface area contributed by atoms with Crippen LogP contribution >= 0.6 is 0 Å². The summed E-state index contributed by atoms with van der Waals surface area (Å²) in [4.78, 5) is 9.99. The molecule has 3 aromatic heterocycles. The fourth-order valence-corrected chi connectivity index (χ4v) is 4.83. The number of H-pyrrole nitrogens is 2. The molecule has 3 aromatic carbocycles. The lowest BCUT2D eigenvalue weighted by Gasteiger charge is -2.11. The van der Waals surface area contributed by atoms with E-state index in [-0.39, 0.29) is 5.82 Å². The summed E-state index contributed by atoms with van der Waals surface area (Å²) in [7, 11) is 4.04. The summed E-state index contributed by atoms with van der Waals surface area (Å²) in [5, 5.41) is 9.81. The van der Waals surface area contributed by atoms with Crippen LogP contribution in [0.4, 0.5) is 4.39 Å². The lowest BCUT2D eigenvalue weighted by atomic mass is 9.99. The van der Waals surface area contributed by atoms with Crippen LogP contribution in [-0.2, 0) is 0 Å². The van der Waals surface area contributed by atoms with Gasteiger partial charge in [0.15, 0.2) is 0 Å². The topological polar surface area (TPSA) is 69.8 Å². The smallest absolute Gasteiger partial charge is 0.138 e. The van der Waals surface area contributed by atoms with Crippen LogP contribution in [0.5, 0.6) is 5.75 Å². The molecule has 6 nitrogen and oxygen atoms in total. The van der Waals surface area contributed by atoms with Crippen LogP contribution in [0.15, 0.2) is 79.1 Å². The molecule has 0 aliphatic heterocycles. The number of aryl methyl sites for hydroxylation is 1. The van der Waals surface area contributed by atoms with Crippen LogP contribution in [0.3, 0.4) is 0 Å². The van der Waals surface area contributed by atoms with E-state index in [2.05, 4.69) is 43.3 Å². The van der Waals surface area contributed by atoms with Gasteiger partial charge >= 0.3 is 0 Å². The van der Waals surface area contributed by atoms with Gasteiger partial charge in [-0.25, -0.2) is 4.39 Å². The third kappa shape index (κ3) is 4.64. The van der Waals surface area contributed by atoms with Gasteiger partial charge in [0.05, 0.1) is 17.4 Å². The molecule has 0 aliphatic carbocycles. The molecular formula is C31H28FN5O. The third-order valence-corrected chi connectivity index (χ3v) is 6.69. The first-order chi connectivity index (χ1) is 18.4. The number of hydrogen-bond acceptors (Lipinski definition) is 4. The van der Waals surface area contributed by atoms with Crippen molar-refractivity contribution in [3.05, 3.63) is 90.5 Å². The Morgan fingerprint density at radius 2 is 1.76 bits per heavy atom. The second-order valence-electron chi connectivity index (χ2n) is 9.86. The zero-order valence-corrected chi connectivity index (χ0v) is 21.5. The number of likely N-dealkylation sites (N-methyl/N-ethyl adjacent to an activating group) is 1. The van der Waals surface area contributed by atoms with E-state index >= 15 is 0 Å². The molecular weight excluding hydrogens is 477 g/mol. The maximum atomic E-state index is 14.2. The molecule has 0 unspecified atom stereocenters. The lowest BCUT2D eigenvalue weighted by molar-refractivity contribution is 0.261. The molecule has 0 fully saturated rings. The number of benzene rings is 3. The zero-order valence-electron chi connectivity index (χ0n) is 21.5. The van der Waals surface area contributed by atoms with Crippen LogP contribution in [-0.4, -0.2) is 52.3 Å². The molecule has 0 saturated heterocycles. The second-order valence-corrected chi connectivity index (χ2v) is 9.86. The number of ether oxygens (including phenoxy) is 1. The highest BCUT2D eigenvalue weighted by molar-refractivity contribution is 6.01. The molecule has 3 heterocycles. The molecule has 0 spiro atoms. The van der Waals surface area contributed by atoms with Gasteiger partial charge in [0, 0.05) is 34.6 Å². The van der Waals surface area contributed by atoms with Crippen molar-refractivity contribution in [1.29, 1.82) is 0 Å². The van der Waals surface area contributed by atoms with Crippen molar-refractivity contribution in [2.45, 2.75) is 6.92 Å². The number of halogens is 1. The average molecular weight is 506 g/mol. The molecule has 38 heavy (non-hydrogen) atoms. The Morgan fingerprint density at radius 3 is 2.61 bits per heavy atom. The standard InChI is InChI=1S/C31H28FN5O/c1-19-11-21(13-23(32)12-19)25-5-4-6-28-26(25)16-30(34-28)31-27-15-20(7-8-29(27)35-36-31)22-14-24(18-33-17-22)38-10-9-37(2)3/h4-8,11-18,34H,9-10H2,1-3H3,(H,35,36). The van der Waals surface area contributed by atoms with Crippen molar-refractivity contribution in [3.8, 4) is 39.4 Å². The van der Waals surface area contributed by atoms with Crippen molar-refractivity contribution in [2.24, 2.45) is 0 Å². The van der Waals surface area contributed by atoms with Gasteiger partial charge in [-0.15, -0.1) is 0 Å². The van der Waals surface area contributed by atoms with Gasteiger partial charge in [-0.3, -0.25) is 10.1 Å². The van der Waals surface area contributed by atoms with Gasteiger partial charge in [0.1, 0.15) is 23.9 Å². The van der Waals surface area contributed by atoms with E-state index in [1.54, 1.807) is 18.3 Å². The van der Waals surface area contributed by atoms with Crippen LogP contribution in [0, 0.1) is 12.7 Å². The summed E-state index contributed by atoms with van der Waals surface area (Å²) in [6.07, 6.45) is 3.58. The van der Waals surface area contributed by atoms with Gasteiger partial charge in [-0.2, -0.15) is 5.10 Å². The number of hydrogen-bond donors (Lipinski definition) is 2. The van der Waals surface area contributed by atoms with Gasteiger partial charge < -0.3 is 14.6 Å². The Bertz CT molecular complexity index is 1750. The van der Waals surface area contributed by atoms with E-state index in [0.717, 1.165) is 73.3 Å². The predicted molar refractivity (Wildman–Crippen MR) is 151 cm³/mol. The minimum atomic E-state index is -0.236. The van der Waals surface area contributed by atoms with Gasteiger partial charge in [-0.05, 0) is 85.7 Å². The van der Waals surface area contributed by atoms with Crippen LogP contribution in [0.1, 0.15) is 5.56 Å². The Balaban J connectivity index is 1.38. The number of pyridine rings is 1. The van der Waals surface area contributed by atoms with Crippen LogP contribution in [0.25, 0.3) is 55.4 Å². The Labute approximate surface area is 220 Å². The zero-order chi connectivity index (χ0) is 26.2. The van der Waals surface area contributed by atoms with Crippen LogP contribution in [0.2, 0.25) is 0 Å². The quantitative estimate of drug-likeness (QED) is 0.250. The first-order valence-corrected chi connectivity index (χ1v) is 12.6. The van der Waals surface area contributed by atoms with Gasteiger partial charge in [0.25, 0.3) is 0 Å². The molecule has 0 saturated carbocycles. The normalized spacial score (nSPS) is 11.6. The fraction of sp³-hybridized carbons (Fsp3) is 0.161. The number of fused-ring (bicyclic) bond motifs is 2. The fourth-order valence-electron chi connectivity index (χ4n) is 4.83. The monoisotopic (exact) mass is 505 g/mol. The number of aromatic amines is 2. The van der Waals surface area contributed by atoms with E-state index in [4.69, 9.17) is 4.74 Å². The average Bonchev–Trinajstić information content (AvgIpc) is 3.51. The summed E-state index contributed by atoms with van der Waals surface area (Å²) < 4.78 is 20.1. The molecule has 0 radical (unpaired) electrons. The SMILES string of the molecule is Cc1cc(F)cc(-c2cccc3[nH]c(-c4n[nH]c5ccc(-c6cncc(OCCN(C)C)c6)cc45)cc23)c1. The molecule has 6 aromatic rings. The number of nitrogens with one attached hydrogen (secondary N) is 2. The number of aromatic nitrogens is 4. The van der Waals surface area contributed by atoms with Crippen molar-refractivity contribution in [2.75, 3.05) is 27.2 Å². The molecule has 6 rings (SSSR count). The predicted octanol–water partition coefficient (Wildman–Crippen LogP) is 6.83. The molecule has 0 amide bonds. The maximum absolute atomic E-state index is 14.2. The minimum Gasteiger partial charge on any atom is -0.491 e. The molecule has 0 aliphatic rings. The summed E-state index contributed by atoms with van der Waals surface area (Å²) in [5.74, 6) is 0.507. The van der Waals surface area contributed by atoms with Crippen LogP contribution < -0.4 is 4.74 Å².